The summed E-state index contributed by atoms with van der Waals surface area (Å²) >= 11 is 0. The van der Waals surface area contributed by atoms with Gasteiger partial charge in [-0.15, -0.1) is 0 Å². The lowest BCUT2D eigenvalue weighted by molar-refractivity contribution is 0.191. The molecule has 2 aromatic rings. The maximum Gasteiger partial charge on any atom is 0.146 e. The second-order valence-corrected chi connectivity index (χ2v) is 5.34. The molecule has 112 valence electrons. The number of hydrogen-bond acceptors (Lipinski definition) is 2. The van der Waals surface area contributed by atoms with Crippen molar-refractivity contribution in [1.82, 2.24) is 0 Å². The number of rotatable bonds is 5. The molecule has 2 nitrogen and oxygen atoms in total. The van der Waals surface area contributed by atoms with Crippen LogP contribution in [0.25, 0.3) is 0 Å². The maximum atomic E-state index is 13.5. The third-order valence-corrected chi connectivity index (χ3v) is 3.40. The van der Waals surface area contributed by atoms with Gasteiger partial charge in [0.15, 0.2) is 0 Å². The number of benzene rings is 2. The fourth-order valence-electron chi connectivity index (χ4n) is 2.06. The Kier molecular flexibility index (Phi) is 4.91. The van der Waals surface area contributed by atoms with Gasteiger partial charge in [-0.05, 0) is 35.2 Å². The number of anilines is 1. The summed E-state index contributed by atoms with van der Waals surface area (Å²) in [5.74, 6) is -0.635. The first-order valence-electron chi connectivity index (χ1n) is 6.94. The van der Waals surface area contributed by atoms with E-state index in [1.54, 1.807) is 0 Å². The summed E-state index contributed by atoms with van der Waals surface area (Å²) in [4.78, 5) is 0. The van der Waals surface area contributed by atoms with Crippen molar-refractivity contribution in [2.45, 2.75) is 25.9 Å². The van der Waals surface area contributed by atoms with Crippen molar-refractivity contribution < 1.29 is 13.9 Å². The molecule has 21 heavy (non-hydrogen) atoms. The lowest BCUT2D eigenvalue weighted by atomic mass is 10.00. The molecule has 0 aliphatic rings. The fourth-order valence-corrected chi connectivity index (χ4v) is 2.06. The third-order valence-electron chi connectivity index (χ3n) is 3.40. The molecule has 0 bridgehead atoms. The van der Waals surface area contributed by atoms with Crippen molar-refractivity contribution in [1.29, 1.82) is 0 Å². The van der Waals surface area contributed by atoms with Crippen LogP contribution >= 0.6 is 0 Å². The monoisotopic (exact) mass is 291 g/mol. The molecule has 1 atom stereocenters. The van der Waals surface area contributed by atoms with Crippen LogP contribution in [0.5, 0.6) is 0 Å². The Morgan fingerprint density at radius 3 is 2.24 bits per heavy atom. The van der Waals surface area contributed by atoms with Crippen molar-refractivity contribution >= 4 is 5.69 Å². The molecule has 0 spiro atoms. The van der Waals surface area contributed by atoms with E-state index in [1.807, 2.05) is 24.3 Å². The number of halogens is 2. The van der Waals surface area contributed by atoms with Crippen LogP contribution in [0.2, 0.25) is 0 Å². The van der Waals surface area contributed by atoms with E-state index in [1.165, 1.54) is 5.56 Å². The zero-order valence-corrected chi connectivity index (χ0v) is 12.1. The summed E-state index contributed by atoms with van der Waals surface area (Å²) < 4.78 is 26.5. The van der Waals surface area contributed by atoms with Crippen LogP contribution in [-0.4, -0.2) is 11.7 Å². The van der Waals surface area contributed by atoms with E-state index in [2.05, 4.69) is 19.2 Å². The molecule has 0 aromatic heterocycles. The molecular formula is C17H19F2NO. The van der Waals surface area contributed by atoms with Gasteiger partial charge in [0.25, 0.3) is 0 Å². The summed E-state index contributed by atoms with van der Waals surface area (Å²) in [6.45, 7) is 4.31. The molecule has 0 saturated carbocycles. The largest absolute Gasteiger partial charge is 0.387 e. The van der Waals surface area contributed by atoms with Crippen molar-refractivity contribution in [3.63, 3.8) is 0 Å². The lowest BCUT2D eigenvalue weighted by Gasteiger charge is -2.15. The van der Waals surface area contributed by atoms with Crippen LogP contribution in [0.3, 0.4) is 0 Å². The van der Waals surface area contributed by atoms with Crippen LogP contribution in [-0.2, 0) is 0 Å². The number of aliphatic hydroxyl groups excluding tert-OH is 1. The topological polar surface area (TPSA) is 32.3 Å². The van der Waals surface area contributed by atoms with E-state index in [4.69, 9.17) is 0 Å². The van der Waals surface area contributed by atoms with Crippen LogP contribution in [0, 0.1) is 11.6 Å². The van der Waals surface area contributed by atoms with E-state index in [0.29, 0.717) is 5.92 Å². The Labute approximate surface area is 123 Å². The van der Waals surface area contributed by atoms with Gasteiger partial charge in [-0.2, -0.15) is 0 Å². The molecule has 0 fully saturated rings. The van der Waals surface area contributed by atoms with Crippen molar-refractivity contribution in [2.75, 3.05) is 11.9 Å². The van der Waals surface area contributed by atoms with Crippen LogP contribution in [0.4, 0.5) is 14.5 Å². The summed E-state index contributed by atoms with van der Waals surface area (Å²) in [6, 6.07) is 10.8. The zero-order valence-electron chi connectivity index (χ0n) is 12.1. The second-order valence-electron chi connectivity index (χ2n) is 5.34. The Bertz CT molecular complexity index is 596. The molecule has 2 aromatic carbocycles. The Hall–Kier alpha value is -1.94. The Balaban J connectivity index is 2.01. The molecule has 0 aliphatic heterocycles. The summed E-state index contributed by atoms with van der Waals surface area (Å²) in [5, 5.41) is 12.8. The minimum absolute atomic E-state index is 0.0489. The van der Waals surface area contributed by atoms with Gasteiger partial charge in [0, 0.05) is 6.54 Å². The predicted octanol–water partition coefficient (Wildman–Crippen LogP) is 4.23. The average molecular weight is 291 g/mol. The first-order chi connectivity index (χ1) is 9.97. The smallest absolute Gasteiger partial charge is 0.146 e. The molecule has 4 heteroatoms. The van der Waals surface area contributed by atoms with Gasteiger partial charge in [0.05, 0.1) is 11.8 Å². The second kappa shape index (κ2) is 6.68. The van der Waals surface area contributed by atoms with E-state index in [-0.39, 0.29) is 12.2 Å². The SMILES string of the molecule is CC(C)c1ccc(C(O)CNc2cc(F)ccc2F)cc1. The van der Waals surface area contributed by atoms with Gasteiger partial charge in [-0.3, -0.25) is 0 Å². The Morgan fingerprint density at radius 1 is 1.00 bits per heavy atom. The standard InChI is InChI=1S/C17H19F2NO/c1-11(2)12-3-5-13(6-4-12)17(21)10-20-16-9-14(18)7-8-15(16)19/h3-9,11,17,20-21H,10H2,1-2H3. The maximum absolute atomic E-state index is 13.5. The van der Waals surface area contributed by atoms with Gasteiger partial charge >= 0.3 is 0 Å². The first kappa shape index (κ1) is 15.4. The minimum atomic E-state index is -0.783. The molecule has 1 unspecified atom stereocenters. The van der Waals surface area contributed by atoms with Gasteiger partial charge in [0.2, 0.25) is 0 Å². The van der Waals surface area contributed by atoms with Crippen molar-refractivity contribution in [2.24, 2.45) is 0 Å². The van der Waals surface area contributed by atoms with E-state index >= 15 is 0 Å². The van der Waals surface area contributed by atoms with Gasteiger partial charge in [-0.1, -0.05) is 38.1 Å². The van der Waals surface area contributed by atoms with Crippen molar-refractivity contribution in [3.05, 3.63) is 65.2 Å². The van der Waals surface area contributed by atoms with E-state index in [0.717, 1.165) is 23.8 Å². The van der Waals surface area contributed by atoms with Gasteiger partial charge < -0.3 is 10.4 Å². The molecule has 2 rings (SSSR count). The van der Waals surface area contributed by atoms with Crippen LogP contribution in [0.15, 0.2) is 42.5 Å². The highest BCUT2D eigenvalue weighted by atomic mass is 19.1. The highest BCUT2D eigenvalue weighted by Crippen LogP contribution is 2.20. The normalized spacial score (nSPS) is 12.5. The number of nitrogens with one attached hydrogen (secondary N) is 1. The van der Waals surface area contributed by atoms with E-state index in [9.17, 15) is 13.9 Å². The third kappa shape index (κ3) is 4.02. The molecule has 2 N–H and O–H groups in total. The van der Waals surface area contributed by atoms with Gasteiger partial charge in [-0.25, -0.2) is 8.78 Å². The molecule has 0 aliphatic carbocycles. The van der Waals surface area contributed by atoms with Crippen LogP contribution in [0.1, 0.15) is 37.0 Å². The Morgan fingerprint density at radius 2 is 1.62 bits per heavy atom. The molecule has 0 saturated heterocycles. The summed E-state index contributed by atoms with van der Waals surface area (Å²) in [6.07, 6.45) is -0.783. The number of hydrogen-bond donors (Lipinski definition) is 2. The average Bonchev–Trinajstić information content (AvgIpc) is 2.48. The first-order valence-corrected chi connectivity index (χ1v) is 6.94. The minimum Gasteiger partial charge on any atom is -0.387 e. The summed E-state index contributed by atoms with van der Waals surface area (Å²) in [5.41, 5.74) is 1.98. The number of aliphatic hydroxyl groups is 1. The highest BCUT2D eigenvalue weighted by molar-refractivity contribution is 5.45. The predicted molar refractivity (Wildman–Crippen MR) is 80.3 cm³/mol. The zero-order chi connectivity index (χ0) is 15.4. The van der Waals surface area contributed by atoms with Crippen molar-refractivity contribution in [3.8, 4) is 0 Å². The van der Waals surface area contributed by atoms with E-state index < -0.39 is 17.7 Å². The molecule has 0 heterocycles. The van der Waals surface area contributed by atoms with Crippen LogP contribution < -0.4 is 5.32 Å². The quantitative estimate of drug-likeness (QED) is 0.864. The molecule has 0 amide bonds. The van der Waals surface area contributed by atoms with Gasteiger partial charge in [0.1, 0.15) is 11.6 Å². The lowest BCUT2D eigenvalue weighted by Crippen LogP contribution is -2.13. The summed E-state index contributed by atoms with van der Waals surface area (Å²) in [7, 11) is 0. The fraction of sp³-hybridized carbons (Fsp3) is 0.294. The molecular weight excluding hydrogens is 272 g/mol. The highest BCUT2D eigenvalue weighted by Gasteiger charge is 2.10. The molecule has 0 radical (unpaired) electrons.